The van der Waals surface area contributed by atoms with Crippen molar-refractivity contribution in [2.45, 2.75) is 39.2 Å². The van der Waals surface area contributed by atoms with Gasteiger partial charge in [0.2, 0.25) is 0 Å². The lowest BCUT2D eigenvalue weighted by Gasteiger charge is -2.27. The molecule has 0 heterocycles. The number of hydrogen-bond acceptors (Lipinski definition) is 3. The van der Waals surface area contributed by atoms with E-state index in [9.17, 15) is 9.59 Å². The molecule has 0 aromatic heterocycles. The molecule has 1 unspecified atom stereocenters. The lowest BCUT2D eigenvalue weighted by Crippen LogP contribution is -2.55. The summed E-state index contributed by atoms with van der Waals surface area (Å²) in [6, 6.07) is -0.348. The molecular weight excluding hydrogens is 196 g/mol. The van der Waals surface area contributed by atoms with Gasteiger partial charge in [0.25, 0.3) is 0 Å². The van der Waals surface area contributed by atoms with Crippen molar-refractivity contribution < 1.29 is 14.3 Å². The second-order valence-electron chi connectivity index (χ2n) is 3.56. The Morgan fingerprint density at radius 2 is 1.93 bits per heavy atom. The summed E-state index contributed by atoms with van der Waals surface area (Å²) >= 11 is 0. The monoisotopic (exact) mass is 216 g/mol. The van der Waals surface area contributed by atoms with Gasteiger partial charge in [0, 0.05) is 6.54 Å². The van der Waals surface area contributed by atoms with Crippen LogP contribution in [0, 0.1) is 0 Å². The highest BCUT2D eigenvalue weighted by Crippen LogP contribution is 2.13. The Morgan fingerprint density at radius 3 is 2.33 bits per heavy atom. The Kier molecular flexibility index (Phi) is 5.74. The van der Waals surface area contributed by atoms with Gasteiger partial charge in [-0.15, -0.1) is 0 Å². The van der Waals surface area contributed by atoms with Gasteiger partial charge in [0.1, 0.15) is 5.54 Å². The summed E-state index contributed by atoms with van der Waals surface area (Å²) in [4.78, 5) is 22.8. The maximum Gasteiger partial charge on any atom is 0.331 e. The summed E-state index contributed by atoms with van der Waals surface area (Å²) in [6.45, 7) is 5.95. The SMILES string of the molecule is CCCC(C)(NC(=O)NCC)C(=O)OC. The minimum Gasteiger partial charge on any atom is -0.467 e. The topological polar surface area (TPSA) is 67.4 Å². The van der Waals surface area contributed by atoms with Crippen LogP contribution in [0.1, 0.15) is 33.6 Å². The molecule has 2 amide bonds. The number of rotatable bonds is 5. The van der Waals surface area contributed by atoms with Gasteiger partial charge in [-0.3, -0.25) is 0 Å². The van der Waals surface area contributed by atoms with E-state index in [4.69, 9.17) is 0 Å². The van der Waals surface area contributed by atoms with E-state index >= 15 is 0 Å². The quantitative estimate of drug-likeness (QED) is 0.675. The van der Waals surface area contributed by atoms with Crippen LogP contribution >= 0.6 is 0 Å². The summed E-state index contributed by atoms with van der Waals surface area (Å²) in [5.41, 5.74) is -0.942. The predicted molar refractivity (Wildman–Crippen MR) is 57.5 cm³/mol. The van der Waals surface area contributed by atoms with Gasteiger partial charge < -0.3 is 15.4 Å². The van der Waals surface area contributed by atoms with Crippen molar-refractivity contribution in [1.82, 2.24) is 10.6 Å². The highest BCUT2D eigenvalue weighted by Gasteiger charge is 2.34. The lowest BCUT2D eigenvalue weighted by molar-refractivity contribution is -0.147. The number of ether oxygens (including phenoxy) is 1. The Hall–Kier alpha value is -1.26. The first-order chi connectivity index (χ1) is 7.00. The Balaban J connectivity index is 4.50. The average molecular weight is 216 g/mol. The minimum atomic E-state index is -0.942. The van der Waals surface area contributed by atoms with Crippen LogP contribution in [-0.2, 0) is 9.53 Å². The summed E-state index contributed by atoms with van der Waals surface area (Å²) in [7, 11) is 1.32. The van der Waals surface area contributed by atoms with E-state index in [0.717, 1.165) is 6.42 Å². The minimum absolute atomic E-state index is 0.348. The van der Waals surface area contributed by atoms with Crippen LogP contribution in [0.4, 0.5) is 4.79 Å². The van der Waals surface area contributed by atoms with Crippen LogP contribution in [0.3, 0.4) is 0 Å². The van der Waals surface area contributed by atoms with Crippen molar-refractivity contribution in [2.24, 2.45) is 0 Å². The number of nitrogens with one attached hydrogen (secondary N) is 2. The Morgan fingerprint density at radius 1 is 1.33 bits per heavy atom. The molecule has 1 atom stereocenters. The van der Waals surface area contributed by atoms with E-state index in [-0.39, 0.29) is 6.03 Å². The van der Waals surface area contributed by atoms with Gasteiger partial charge in [0.05, 0.1) is 7.11 Å². The first-order valence-electron chi connectivity index (χ1n) is 5.14. The molecule has 0 spiro atoms. The molecule has 15 heavy (non-hydrogen) atoms. The predicted octanol–water partition coefficient (Wildman–Crippen LogP) is 1.04. The zero-order chi connectivity index (χ0) is 11.9. The van der Waals surface area contributed by atoms with Crippen LogP contribution in [0.15, 0.2) is 0 Å². The average Bonchev–Trinajstić information content (AvgIpc) is 2.17. The number of esters is 1. The third-order valence-corrected chi connectivity index (χ3v) is 2.11. The number of urea groups is 1. The van der Waals surface area contributed by atoms with Crippen molar-refractivity contribution >= 4 is 12.0 Å². The first-order valence-corrected chi connectivity index (χ1v) is 5.14. The molecule has 0 bridgehead atoms. The van der Waals surface area contributed by atoms with Crippen molar-refractivity contribution in [3.05, 3.63) is 0 Å². The fourth-order valence-electron chi connectivity index (χ4n) is 1.40. The summed E-state index contributed by atoms with van der Waals surface area (Å²) < 4.78 is 4.67. The standard InChI is InChI=1S/C10H20N2O3/c1-5-7-10(3,8(13)15-4)12-9(14)11-6-2/h5-7H2,1-4H3,(H2,11,12,14). The van der Waals surface area contributed by atoms with E-state index < -0.39 is 11.5 Å². The Labute approximate surface area is 90.6 Å². The van der Waals surface area contributed by atoms with Crippen molar-refractivity contribution in [2.75, 3.05) is 13.7 Å². The van der Waals surface area contributed by atoms with Crippen molar-refractivity contribution in [3.63, 3.8) is 0 Å². The zero-order valence-corrected chi connectivity index (χ0v) is 9.85. The molecular formula is C10H20N2O3. The molecule has 0 aromatic carbocycles. The maximum atomic E-state index is 11.5. The van der Waals surface area contributed by atoms with E-state index in [1.165, 1.54) is 7.11 Å². The van der Waals surface area contributed by atoms with E-state index in [0.29, 0.717) is 13.0 Å². The number of methoxy groups -OCH3 is 1. The molecule has 2 N–H and O–H groups in total. The molecule has 0 aliphatic carbocycles. The molecule has 0 saturated carbocycles. The van der Waals surface area contributed by atoms with Gasteiger partial charge in [-0.2, -0.15) is 0 Å². The van der Waals surface area contributed by atoms with E-state index in [1.54, 1.807) is 6.92 Å². The number of carbonyl (C=O) groups excluding carboxylic acids is 2. The summed E-state index contributed by atoms with van der Waals surface area (Å²) in [5.74, 6) is -0.421. The highest BCUT2D eigenvalue weighted by molar-refractivity contribution is 5.86. The molecule has 0 aliphatic heterocycles. The maximum absolute atomic E-state index is 11.5. The lowest BCUT2D eigenvalue weighted by atomic mass is 9.96. The zero-order valence-electron chi connectivity index (χ0n) is 9.85. The third-order valence-electron chi connectivity index (χ3n) is 2.11. The summed E-state index contributed by atoms with van der Waals surface area (Å²) in [5, 5.41) is 5.20. The second kappa shape index (κ2) is 6.27. The number of amides is 2. The molecule has 0 radical (unpaired) electrons. The molecule has 0 fully saturated rings. The normalized spacial score (nSPS) is 13.9. The van der Waals surface area contributed by atoms with Crippen LogP contribution < -0.4 is 10.6 Å². The molecule has 5 nitrogen and oxygen atoms in total. The van der Waals surface area contributed by atoms with Crippen molar-refractivity contribution in [1.29, 1.82) is 0 Å². The first kappa shape index (κ1) is 13.7. The van der Waals surface area contributed by atoms with Crippen LogP contribution in [0.2, 0.25) is 0 Å². The van der Waals surface area contributed by atoms with Crippen LogP contribution in [0.25, 0.3) is 0 Å². The molecule has 0 saturated heterocycles. The van der Waals surface area contributed by atoms with Gasteiger partial charge in [-0.25, -0.2) is 9.59 Å². The smallest absolute Gasteiger partial charge is 0.331 e. The number of hydrogen-bond donors (Lipinski definition) is 2. The van der Waals surface area contributed by atoms with Gasteiger partial charge in [-0.1, -0.05) is 13.3 Å². The van der Waals surface area contributed by atoms with Gasteiger partial charge in [0.15, 0.2) is 0 Å². The molecule has 0 rings (SSSR count). The summed E-state index contributed by atoms with van der Waals surface area (Å²) in [6.07, 6.45) is 1.34. The van der Waals surface area contributed by atoms with Crippen LogP contribution in [-0.4, -0.2) is 31.2 Å². The largest absolute Gasteiger partial charge is 0.467 e. The Bertz CT molecular complexity index is 231. The third kappa shape index (κ3) is 4.18. The van der Waals surface area contributed by atoms with E-state index in [2.05, 4.69) is 15.4 Å². The highest BCUT2D eigenvalue weighted by atomic mass is 16.5. The van der Waals surface area contributed by atoms with Crippen molar-refractivity contribution in [3.8, 4) is 0 Å². The fraction of sp³-hybridized carbons (Fsp3) is 0.800. The van der Waals surface area contributed by atoms with Gasteiger partial charge in [-0.05, 0) is 20.3 Å². The molecule has 5 heteroatoms. The van der Waals surface area contributed by atoms with E-state index in [1.807, 2.05) is 13.8 Å². The number of carbonyl (C=O) groups is 2. The van der Waals surface area contributed by atoms with Gasteiger partial charge >= 0.3 is 12.0 Å². The fourth-order valence-corrected chi connectivity index (χ4v) is 1.40. The molecule has 0 aliphatic rings. The second-order valence-corrected chi connectivity index (χ2v) is 3.56. The molecule has 0 aromatic rings. The molecule has 88 valence electrons. The van der Waals surface area contributed by atoms with Crippen LogP contribution in [0.5, 0.6) is 0 Å².